The zero-order valence-electron chi connectivity index (χ0n) is 17.5. The first-order chi connectivity index (χ1) is 14.5. The van der Waals surface area contributed by atoms with Crippen LogP contribution >= 0.6 is 0 Å². The summed E-state index contributed by atoms with van der Waals surface area (Å²) in [4.78, 5) is 19.4. The number of aryl methyl sites for hydroxylation is 2. The van der Waals surface area contributed by atoms with Crippen LogP contribution in [0.3, 0.4) is 0 Å². The summed E-state index contributed by atoms with van der Waals surface area (Å²) >= 11 is 0. The Balaban J connectivity index is 1.62. The van der Waals surface area contributed by atoms with Gasteiger partial charge in [-0.15, -0.1) is 0 Å². The molecule has 0 aliphatic carbocycles. The number of para-hydroxylation sites is 3. The molecule has 0 spiro atoms. The van der Waals surface area contributed by atoms with E-state index in [0.717, 1.165) is 39.4 Å². The molecule has 4 rings (SSSR count). The number of rotatable bonds is 6. The number of nitrogens with zero attached hydrogens (tertiary/aromatic N) is 3. The van der Waals surface area contributed by atoms with Gasteiger partial charge < -0.3 is 14.2 Å². The van der Waals surface area contributed by atoms with E-state index in [1.54, 1.807) is 11.9 Å². The minimum Gasteiger partial charge on any atom is -0.485 e. The van der Waals surface area contributed by atoms with Gasteiger partial charge in [-0.3, -0.25) is 4.79 Å². The van der Waals surface area contributed by atoms with Crippen molar-refractivity contribution in [2.45, 2.75) is 27.0 Å². The molecule has 3 aromatic carbocycles. The largest absolute Gasteiger partial charge is 0.485 e. The Hall–Kier alpha value is -3.60. The molecule has 0 aliphatic heterocycles. The Morgan fingerprint density at radius 2 is 1.73 bits per heavy atom. The summed E-state index contributed by atoms with van der Waals surface area (Å²) in [6.07, 6.45) is 0. The van der Waals surface area contributed by atoms with Gasteiger partial charge in [0.1, 0.15) is 24.7 Å². The van der Waals surface area contributed by atoms with Crippen LogP contribution in [-0.4, -0.2) is 22.5 Å². The zero-order chi connectivity index (χ0) is 21.1. The summed E-state index contributed by atoms with van der Waals surface area (Å²) in [5, 5.41) is 0. The van der Waals surface area contributed by atoms with E-state index in [2.05, 4.69) is 6.07 Å². The number of benzene rings is 3. The van der Waals surface area contributed by atoms with Gasteiger partial charge in [-0.1, -0.05) is 42.5 Å². The Kier molecular flexibility index (Phi) is 5.53. The molecule has 1 aromatic heterocycles. The third-order valence-electron chi connectivity index (χ3n) is 5.24. The van der Waals surface area contributed by atoms with E-state index < -0.39 is 0 Å². The van der Waals surface area contributed by atoms with Crippen molar-refractivity contribution in [3.05, 3.63) is 89.7 Å². The molecule has 0 atom stereocenters. The molecular weight excluding hydrogens is 374 g/mol. The smallest absolute Gasteiger partial charge is 0.246 e. The second kappa shape index (κ2) is 8.41. The SMILES string of the molecule is Cc1ccc(C)c(OCc2nc3ccccc3n2CC(=O)N(C)c2ccccc2)c1. The molecule has 0 unspecified atom stereocenters. The molecule has 1 amide bonds. The van der Waals surface area contributed by atoms with Gasteiger partial charge in [-0.05, 0) is 55.3 Å². The van der Waals surface area contributed by atoms with Gasteiger partial charge in [-0.25, -0.2) is 4.98 Å². The van der Waals surface area contributed by atoms with Crippen LogP contribution in [0, 0.1) is 13.8 Å². The quantitative estimate of drug-likeness (QED) is 0.464. The van der Waals surface area contributed by atoms with Crippen molar-refractivity contribution in [2.75, 3.05) is 11.9 Å². The molecule has 0 radical (unpaired) electrons. The van der Waals surface area contributed by atoms with Crippen molar-refractivity contribution >= 4 is 22.6 Å². The number of hydrogen-bond donors (Lipinski definition) is 0. The number of aromatic nitrogens is 2. The number of carbonyl (C=O) groups is 1. The van der Waals surface area contributed by atoms with Gasteiger partial charge in [-0.2, -0.15) is 0 Å². The number of carbonyl (C=O) groups excluding carboxylic acids is 1. The van der Waals surface area contributed by atoms with Crippen molar-refractivity contribution in [3.8, 4) is 5.75 Å². The van der Waals surface area contributed by atoms with Crippen LogP contribution in [0.4, 0.5) is 5.69 Å². The van der Waals surface area contributed by atoms with Gasteiger partial charge in [0.2, 0.25) is 5.91 Å². The Morgan fingerprint density at radius 1 is 1.00 bits per heavy atom. The highest BCUT2D eigenvalue weighted by Crippen LogP contribution is 2.23. The lowest BCUT2D eigenvalue weighted by Gasteiger charge is -2.19. The first-order valence-corrected chi connectivity index (χ1v) is 9.99. The van der Waals surface area contributed by atoms with E-state index in [9.17, 15) is 4.79 Å². The lowest BCUT2D eigenvalue weighted by atomic mass is 10.1. The van der Waals surface area contributed by atoms with Crippen LogP contribution in [0.2, 0.25) is 0 Å². The summed E-state index contributed by atoms with van der Waals surface area (Å²) in [7, 11) is 1.79. The van der Waals surface area contributed by atoms with Crippen LogP contribution in [0.15, 0.2) is 72.8 Å². The normalized spacial score (nSPS) is 10.9. The summed E-state index contributed by atoms with van der Waals surface area (Å²) in [5.41, 5.74) is 4.85. The molecule has 0 aliphatic rings. The third-order valence-corrected chi connectivity index (χ3v) is 5.24. The number of ether oxygens (including phenoxy) is 1. The fourth-order valence-electron chi connectivity index (χ4n) is 3.45. The molecule has 0 saturated carbocycles. The fourth-order valence-corrected chi connectivity index (χ4v) is 3.45. The molecule has 30 heavy (non-hydrogen) atoms. The average Bonchev–Trinajstić information content (AvgIpc) is 3.11. The minimum atomic E-state index is -0.0164. The maximum atomic E-state index is 13.0. The fraction of sp³-hybridized carbons (Fsp3) is 0.200. The molecule has 5 heteroatoms. The van der Waals surface area contributed by atoms with Gasteiger partial charge in [0.15, 0.2) is 0 Å². The van der Waals surface area contributed by atoms with Crippen molar-refractivity contribution in [3.63, 3.8) is 0 Å². The first kappa shape index (κ1) is 19.7. The molecule has 1 heterocycles. The maximum absolute atomic E-state index is 13.0. The number of imidazole rings is 1. The summed E-state index contributed by atoms with van der Waals surface area (Å²) in [6.45, 7) is 4.55. The van der Waals surface area contributed by atoms with Gasteiger partial charge >= 0.3 is 0 Å². The van der Waals surface area contributed by atoms with Crippen LogP contribution in [-0.2, 0) is 17.9 Å². The highest BCUT2D eigenvalue weighted by atomic mass is 16.5. The molecule has 152 valence electrons. The molecular formula is C25H25N3O2. The van der Waals surface area contributed by atoms with Crippen LogP contribution in [0.5, 0.6) is 5.75 Å². The number of anilines is 1. The van der Waals surface area contributed by atoms with E-state index in [1.165, 1.54) is 0 Å². The molecule has 0 bridgehead atoms. The van der Waals surface area contributed by atoms with E-state index in [4.69, 9.17) is 9.72 Å². The monoisotopic (exact) mass is 399 g/mol. The lowest BCUT2D eigenvalue weighted by molar-refractivity contribution is -0.118. The second-order valence-corrected chi connectivity index (χ2v) is 7.45. The highest BCUT2D eigenvalue weighted by molar-refractivity contribution is 5.93. The number of hydrogen-bond acceptors (Lipinski definition) is 3. The zero-order valence-corrected chi connectivity index (χ0v) is 17.5. The maximum Gasteiger partial charge on any atom is 0.246 e. The Morgan fingerprint density at radius 3 is 2.53 bits per heavy atom. The van der Waals surface area contributed by atoms with Gasteiger partial charge in [0, 0.05) is 12.7 Å². The standard InChI is InChI=1S/C25H25N3O2/c1-18-13-14-19(2)23(15-18)30-17-24-26-21-11-7-8-12-22(21)28(24)16-25(29)27(3)20-9-5-4-6-10-20/h4-15H,16-17H2,1-3H3. The second-order valence-electron chi connectivity index (χ2n) is 7.45. The van der Waals surface area contributed by atoms with E-state index in [1.807, 2.05) is 85.1 Å². The summed E-state index contributed by atoms with van der Waals surface area (Å²) < 4.78 is 8.04. The van der Waals surface area contributed by atoms with Crippen molar-refractivity contribution in [2.24, 2.45) is 0 Å². The van der Waals surface area contributed by atoms with E-state index >= 15 is 0 Å². The number of likely N-dealkylation sites (N-methyl/N-ethyl adjacent to an activating group) is 1. The summed E-state index contributed by atoms with van der Waals surface area (Å²) in [6, 6.07) is 23.6. The Bertz CT molecular complexity index is 1180. The highest BCUT2D eigenvalue weighted by Gasteiger charge is 2.17. The Labute approximate surface area is 176 Å². The number of fused-ring (bicyclic) bond motifs is 1. The number of amides is 1. The first-order valence-electron chi connectivity index (χ1n) is 9.99. The molecule has 0 fully saturated rings. The van der Waals surface area contributed by atoms with Crippen LogP contribution < -0.4 is 9.64 Å². The van der Waals surface area contributed by atoms with Crippen molar-refractivity contribution in [1.82, 2.24) is 9.55 Å². The summed E-state index contributed by atoms with van der Waals surface area (Å²) in [5.74, 6) is 1.55. The van der Waals surface area contributed by atoms with Crippen molar-refractivity contribution in [1.29, 1.82) is 0 Å². The predicted octanol–water partition coefficient (Wildman–Crippen LogP) is 4.90. The van der Waals surface area contributed by atoms with Gasteiger partial charge in [0.05, 0.1) is 11.0 Å². The van der Waals surface area contributed by atoms with Crippen molar-refractivity contribution < 1.29 is 9.53 Å². The van der Waals surface area contributed by atoms with E-state index in [0.29, 0.717) is 6.61 Å². The molecule has 0 saturated heterocycles. The predicted molar refractivity (Wildman–Crippen MR) is 120 cm³/mol. The lowest BCUT2D eigenvalue weighted by Crippen LogP contribution is -2.30. The third kappa shape index (κ3) is 4.06. The topological polar surface area (TPSA) is 47.4 Å². The molecule has 4 aromatic rings. The molecule has 0 N–H and O–H groups in total. The van der Waals surface area contributed by atoms with Crippen LogP contribution in [0.1, 0.15) is 17.0 Å². The van der Waals surface area contributed by atoms with Crippen LogP contribution in [0.25, 0.3) is 11.0 Å². The minimum absolute atomic E-state index is 0.0164. The van der Waals surface area contributed by atoms with E-state index in [-0.39, 0.29) is 12.5 Å². The average molecular weight is 399 g/mol. The van der Waals surface area contributed by atoms with Gasteiger partial charge in [0.25, 0.3) is 0 Å². The molecule has 5 nitrogen and oxygen atoms in total.